The van der Waals surface area contributed by atoms with Gasteiger partial charge in [-0.05, 0) is 37.5 Å². The van der Waals surface area contributed by atoms with E-state index in [2.05, 4.69) is 26.6 Å². The number of benzene rings is 1. The molecule has 1 aromatic carbocycles. The van der Waals surface area contributed by atoms with Crippen LogP contribution in [0.15, 0.2) is 28.7 Å². The lowest BCUT2D eigenvalue weighted by Crippen LogP contribution is -2.30. The van der Waals surface area contributed by atoms with Crippen LogP contribution >= 0.6 is 15.9 Å². The fourth-order valence-corrected chi connectivity index (χ4v) is 2.89. The minimum atomic E-state index is -0.116. The molecule has 1 heterocycles. The summed E-state index contributed by atoms with van der Waals surface area (Å²) < 4.78 is 11.8. The summed E-state index contributed by atoms with van der Waals surface area (Å²) in [5, 5.41) is 5.66. The number of nitrogens with one attached hydrogen (secondary N) is 2. The van der Waals surface area contributed by atoms with E-state index in [1.165, 1.54) is 0 Å². The lowest BCUT2D eigenvalue weighted by Gasteiger charge is -2.10. The second-order valence-electron chi connectivity index (χ2n) is 5.93. The molecule has 1 aliphatic rings. The van der Waals surface area contributed by atoms with Crippen LogP contribution in [0.3, 0.4) is 0 Å². The van der Waals surface area contributed by atoms with Crippen LogP contribution in [0.4, 0.5) is 0 Å². The molecule has 0 aromatic heterocycles. The molecule has 0 spiro atoms. The monoisotopic (exact) mass is 412 g/mol. The van der Waals surface area contributed by atoms with Crippen molar-refractivity contribution < 1.29 is 19.1 Å². The molecule has 0 radical (unpaired) electrons. The number of hydrogen-bond donors (Lipinski definition) is 2. The predicted molar refractivity (Wildman–Crippen MR) is 98.5 cm³/mol. The van der Waals surface area contributed by atoms with Gasteiger partial charge in [-0.3, -0.25) is 9.59 Å². The first-order valence-electron chi connectivity index (χ1n) is 8.65. The van der Waals surface area contributed by atoms with Gasteiger partial charge in [0.15, 0.2) is 0 Å². The number of amides is 2. The number of carbonyl (C=O) groups excluding carboxylic acids is 2. The van der Waals surface area contributed by atoms with Crippen LogP contribution in [0.25, 0.3) is 0 Å². The largest absolute Gasteiger partial charge is 0.378 e. The first-order valence-corrected chi connectivity index (χ1v) is 9.44. The smallest absolute Gasteiger partial charge is 0.251 e. The second kappa shape index (κ2) is 11.2. The summed E-state index contributed by atoms with van der Waals surface area (Å²) in [5.41, 5.74) is 0.613. The minimum Gasteiger partial charge on any atom is -0.378 e. The third-order valence-corrected chi connectivity index (χ3v) is 4.34. The highest BCUT2D eigenvalue weighted by molar-refractivity contribution is 9.10. The molecule has 1 saturated heterocycles. The Bertz CT molecular complexity index is 562. The molecule has 7 heteroatoms. The Morgan fingerprint density at radius 2 is 2.12 bits per heavy atom. The average Bonchev–Trinajstić information content (AvgIpc) is 3.11. The highest BCUT2D eigenvalue weighted by atomic mass is 79.9. The van der Waals surface area contributed by atoms with Crippen LogP contribution in [0.5, 0.6) is 0 Å². The Morgan fingerprint density at radius 1 is 1.28 bits per heavy atom. The Labute approximate surface area is 156 Å². The topological polar surface area (TPSA) is 76.7 Å². The third-order valence-electron chi connectivity index (χ3n) is 3.85. The highest BCUT2D eigenvalue weighted by Gasteiger charge is 2.15. The van der Waals surface area contributed by atoms with Gasteiger partial charge in [-0.25, -0.2) is 0 Å². The summed E-state index contributed by atoms with van der Waals surface area (Å²) >= 11 is 3.34. The lowest BCUT2D eigenvalue weighted by molar-refractivity contribution is -0.122. The molecule has 2 amide bonds. The molecule has 0 saturated carbocycles. The first kappa shape index (κ1) is 19.9. The molecular weight excluding hydrogens is 388 g/mol. The van der Waals surface area contributed by atoms with E-state index in [4.69, 9.17) is 9.47 Å². The molecule has 1 unspecified atom stereocenters. The van der Waals surface area contributed by atoms with Crippen molar-refractivity contribution in [3.8, 4) is 0 Å². The number of carbonyl (C=O) groups is 2. The quantitative estimate of drug-likeness (QED) is 0.577. The van der Waals surface area contributed by atoms with E-state index in [0.29, 0.717) is 44.7 Å². The van der Waals surface area contributed by atoms with Gasteiger partial charge >= 0.3 is 0 Å². The molecule has 0 bridgehead atoms. The normalized spacial score (nSPS) is 16.6. The maximum Gasteiger partial charge on any atom is 0.251 e. The summed E-state index contributed by atoms with van der Waals surface area (Å²) in [6, 6.07) is 7.23. The van der Waals surface area contributed by atoms with Crippen LogP contribution in [0.2, 0.25) is 0 Å². The van der Waals surface area contributed by atoms with E-state index < -0.39 is 0 Å². The van der Waals surface area contributed by atoms with Crippen LogP contribution in [-0.2, 0) is 14.3 Å². The van der Waals surface area contributed by atoms with Crippen molar-refractivity contribution in [2.75, 3.05) is 32.9 Å². The minimum absolute atomic E-state index is 0.0364. The van der Waals surface area contributed by atoms with Gasteiger partial charge in [0.1, 0.15) is 0 Å². The molecule has 25 heavy (non-hydrogen) atoms. The van der Waals surface area contributed by atoms with E-state index in [1.54, 1.807) is 12.1 Å². The van der Waals surface area contributed by atoms with Crippen molar-refractivity contribution >= 4 is 27.7 Å². The summed E-state index contributed by atoms with van der Waals surface area (Å²) in [7, 11) is 0. The van der Waals surface area contributed by atoms with Gasteiger partial charge in [0.05, 0.1) is 19.3 Å². The fraction of sp³-hybridized carbons (Fsp3) is 0.556. The van der Waals surface area contributed by atoms with E-state index in [-0.39, 0.29) is 17.9 Å². The third kappa shape index (κ3) is 7.98. The van der Waals surface area contributed by atoms with E-state index in [1.807, 2.05) is 12.1 Å². The van der Waals surface area contributed by atoms with Gasteiger partial charge in [-0.1, -0.05) is 22.0 Å². The molecule has 1 atom stereocenters. The predicted octanol–water partition coefficient (Wildman–Crippen LogP) is 2.27. The summed E-state index contributed by atoms with van der Waals surface area (Å²) in [6.45, 7) is 2.83. The van der Waals surface area contributed by atoms with Crippen molar-refractivity contribution in [3.05, 3.63) is 34.3 Å². The van der Waals surface area contributed by atoms with Gasteiger partial charge in [0.25, 0.3) is 5.91 Å². The summed E-state index contributed by atoms with van der Waals surface area (Å²) in [4.78, 5) is 23.6. The molecule has 0 aliphatic carbocycles. The molecular formula is C18H25BrN2O4. The van der Waals surface area contributed by atoms with Gasteiger partial charge in [0.2, 0.25) is 5.91 Å². The lowest BCUT2D eigenvalue weighted by atomic mass is 10.2. The molecule has 1 fully saturated rings. The number of hydrogen-bond acceptors (Lipinski definition) is 4. The number of ether oxygens (including phenoxy) is 2. The van der Waals surface area contributed by atoms with Gasteiger partial charge in [-0.2, -0.15) is 0 Å². The summed E-state index contributed by atoms with van der Waals surface area (Å²) in [6.07, 6.45) is 3.35. The maximum atomic E-state index is 11.9. The van der Waals surface area contributed by atoms with E-state index in [0.717, 1.165) is 23.9 Å². The fourth-order valence-electron chi connectivity index (χ4n) is 2.49. The molecule has 1 aromatic rings. The van der Waals surface area contributed by atoms with E-state index >= 15 is 0 Å². The van der Waals surface area contributed by atoms with Crippen molar-refractivity contribution in [3.63, 3.8) is 0 Å². The van der Waals surface area contributed by atoms with Crippen LogP contribution in [-0.4, -0.2) is 50.8 Å². The van der Waals surface area contributed by atoms with Crippen molar-refractivity contribution in [2.24, 2.45) is 0 Å². The van der Waals surface area contributed by atoms with E-state index in [9.17, 15) is 9.59 Å². The number of rotatable bonds is 10. The Morgan fingerprint density at radius 3 is 2.88 bits per heavy atom. The van der Waals surface area contributed by atoms with Gasteiger partial charge < -0.3 is 20.1 Å². The Balaban J connectivity index is 1.46. The van der Waals surface area contributed by atoms with Gasteiger partial charge in [0, 0.05) is 36.2 Å². The van der Waals surface area contributed by atoms with Crippen molar-refractivity contribution in [1.29, 1.82) is 0 Å². The zero-order chi connectivity index (χ0) is 17.9. The summed E-state index contributed by atoms with van der Waals surface area (Å²) in [5.74, 6) is -0.152. The zero-order valence-electron chi connectivity index (χ0n) is 14.3. The molecule has 1 aliphatic heterocycles. The van der Waals surface area contributed by atoms with Crippen molar-refractivity contribution in [2.45, 2.75) is 31.8 Å². The maximum absolute atomic E-state index is 11.9. The van der Waals surface area contributed by atoms with Crippen LogP contribution < -0.4 is 10.6 Å². The second-order valence-corrected chi connectivity index (χ2v) is 6.85. The zero-order valence-corrected chi connectivity index (χ0v) is 15.8. The molecule has 6 nitrogen and oxygen atoms in total. The first-order chi connectivity index (χ1) is 12.1. The highest BCUT2D eigenvalue weighted by Crippen LogP contribution is 2.12. The molecule has 138 valence electrons. The molecule has 2 N–H and O–H groups in total. The van der Waals surface area contributed by atoms with Crippen LogP contribution in [0.1, 0.15) is 36.0 Å². The Hall–Kier alpha value is -1.44. The van der Waals surface area contributed by atoms with Crippen molar-refractivity contribution in [1.82, 2.24) is 10.6 Å². The number of halogens is 1. The average molecular weight is 413 g/mol. The van der Waals surface area contributed by atoms with Gasteiger partial charge in [-0.15, -0.1) is 0 Å². The van der Waals surface area contributed by atoms with Crippen LogP contribution in [0, 0.1) is 0 Å². The standard InChI is InChI=1S/C18H25BrN2O4/c19-15-5-1-4-14(12-15)18(23)21-9-3-8-20-17(22)7-11-24-13-16-6-2-10-25-16/h1,4-5,12,16H,2-3,6-11,13H2,(H,20,22)(H,21,23). The Kier molecular flexibility index (Phi) is 8.93. The SMILES string of the molecule is O=C(CCOCC1CCCO1)NCCCNC(=O)c1cccc(Br)c1. The molecule has 2 rings (SSSR count).